The molecule has 6 heteroatoms. The average Bonchev–Trinajstić information content (AvgIpc) is 3.03. The Balaban J connectivity index is 1.79. The topological polar surface area (TPSA) is 41.9 Å². The predicted octanol–water partition coefficient (Wildman–Crippen LogP) is 4.32. The van der Waals surface area contributed by atoms with E-state index in [-0.39, 0.29) is 5.70 Å². The molecule has 134 valence electrons. The zero-order valence-electron chi connectivity index (χ0n) is 14.1. The normalized spacial score (nSPS) is 15.1. The molecule has 1 aliphatic heterocycles. The fraction of sp³-hybridized carbons (Fsp3) is 0.200. The molecule has 0 amide bonds. The molecule has 0 radical (unpaired) electrons. The number of alkyl halides is 2. The van der Waals surface area contributed by atoms with Gasteiger partial charge in [0.2, 0.25) is 5.90 Å². The second-order valence-corrected chi connectivity index (χ2v) is 6.41. The van der Waals surface area contributed by atoms with E-state index in [9.17, 15) is 4.79 Å². The van der Waals surface area contributed by atoms with Crippen LogP contribution in [0.3, 0.4) is 0 Å². The lowest BCUT2D eigenvalue weighted by Gasteiger charge is -2.22. The first-order chi connectivity index (χ1) is 12.7. The highest BCUT2D eigenvalue weighted by Crippen LogP contribution is 2.21. The maximum atomic E-state index is 12.1. The number of nitrogens with zero attached hydrogens (tertiary/aromatic N) is 2. The van der Waals surface area contributed by atoms with Crippen LogP contribution in [-0.2, 0) is 9.53 Å². The fourth-order valence-electron chi connectivity index (χ4n) is 2.63. The number of anilines is 1. The molecular formula is C20H18Cl2N2O2. The van der Waals surface area contributed by atoms with Gasteiger partial charge in [-0.3, -0.25) is 0 Å². The molecule has 2 aromatic carbocycles. The molecule has 1 heterocycles. The second-order valence-electron chi connectivity index (χ2n) is 5.66. The first-order valence-corrected chi connectivity index (χ1v) is 9.33. The van der Waals surface area contributed by atoms with Gasteiger partial charge in [0, 0.05) is 36.1 Å². The number of esters is 1. The van der Waals surface area contributed by atoms with Gasteiger partial charge >= 0.3 is 5.97 Å². The van der Waals surface area contributed by atoms with Crippen LogP contribution in [0.1, 0.15) is 11.1 Å². The minimum Gasteiger partial charge on any atom is -0.402 e. The highest BCUT2D eigenvalue weighted by atomic mass is 35.5. The van der Waals surface area contributed by atoms with E-state index in [0.29, 0.717) is 17.7 Å². The van der Waals surface area contributed by atoms with Crippen LogP contribution in [0, 0.1) is 0 Å². The van der Waals surface area contributed by atoms with Crippen molar-refractivity contribution < 1.29 is 9.53 Å². The number of halogens is 2. The van der Waals surface area contributed by atoms with Gasteiger partial charge in [0.15, 0.2) is 5.70 Å². The van der Waals surface area contributed by atoms with E-state index in [1.165, 1.54) is 0 Å². The van der Waals surface area contributed by atoms with E-state index in [1.807, 2.05) is 54.6 Å². The lowest BCUT2D eigenvalue weighted by Crippen LogP contribution is -2.27. The predicted molar refractivity (Wildman–Crippen MR) is 107 cm³/mol. The Kier molecular flexibility index (Phi) is 6.31. The van der Waals surface area contributed by atoms with E-state index in [2.05, 4.69) is 9.89 Å². The Hall–Kier alpha value is -2.30. The van der Waals surface area contributed by atoms with Gasteiger partial charge in [-0.05, 0) is 35.9 Å². The first-order valence-electron chi connectivity index (χ1n) is 8.26. The molecular weight excluding hydrogens is 371 g/mol. The third kappa shape index (κ3) is 4.45. The minimum atomic E-state index is -0.446. The molecule has 1 aliphatic rings. The average molecular weight is 389 g/mol. The largest absolute Gasteiger partial charge is 0.402 e. The van der Waals surface area contributed by atoms with Crippen molar-refractivity contribution in [3.63, 3.8) is 0 Å². The van der Waals surface area contributed by atoms with Crippen molar-refractivity contribution in [2.45, 2.75) is 0 Å². The van der Waals surface area contributed by atoms with Crippen LogP contribution in [-0.4, -0.2) is 36.7 Å². The quantitative estimate of drug-likeness (QED) is 0.403. The van der Waals surface area contributed by atoms with Gasteiger partial charge in [-0.15, -0.1) is 23.2 Å². The van der Waals surface area contributed by atoms with Crippen molar-refractivity contribution in [1.29, 1.82) is 0 Å². The number of hydrogen-bond donors (Lipinski definition) is 0. The smallest absolute Gasteiger partial charge is 0.363 e. The zero-order valence-corrected chi connectivity index (χ0v) is 15.6. The van der Waals surface area contributed by atoms with E-state index in [1.54, 1.807) is 6.08 Å². The molecule has 0 aliphatic carbocycles. The lowest BCUT2D eigenvalue weighted by molar-refractivity contribution is -0.129. The van der Waals surface area contributed by atoms with E-state index in [4.69, 9.17) is 27.9 Å². The second kappa shape index (κ2) is 8.88. The number of benzene rings is 2. The monoisotopic (exact) mass is 388 g/mol. The van der Waals surface area contributed by atoms with Crippen molar-refractivity contribution in [1.82, 2.24) is 0 Å². The summed E-state index contributed by atoms with van der Waals surface area (Å²) in [6.45, 7) is 1.46. The van der Waals surface area contributed by atoms with E-state index in [0.717, 1.165) is 29.9 Å². The Labute approximate surface area is 162 Å². The van der Waals surface area contributed by atoms with Crippen LogP contribution in [0.25, 0.3) is 6.08 Å². The van der Waals surface area contributed by atoms with Crippen molar-refractivity contribution >= 4 is 46.8 Å². The minimum absolute atomic E-state index is 0.287. The third-order valence-corrected chi connectivity index (χ3v) is 4.25. The summed E-state index contributed by atoms with van der Waals surface area (Å²) < 4.78 is 5.26. The third-order valence-electron chi connectivity index (χ3n) is 3.91. The van der Waals surface area contributed by atoms with Crippen molar-refractivity contribution in [3.05, 3.63) is 71.4 Å². The summed E-state index contributed by atoms with van der Waals surface area (Å²) in [7, 11) is 0. The van der Waals surface area contributed by atoms with Gasteiger partial charge in [-0.1, -0.05) is 30.3 Å². The van der Waals surface area contributed by atoms with Gasteiger partial charge < -0.3 is 9.64 Å². The summed E-state index contributed by atoms with van der Waals surface area (Å²) >= 11 is 11.7. The summed E-state index contributed by atoms with van der Waals surface area (Å²) in [6, 6.07) is 17.2. The molecule has 0 saturated heterocycles. The first kappa shape index (κ1) is 18.5. The Morgan fingerprint density at radius 3 is 2.23 bits per heavy atom. The standard InChI is InChI=1S/C20H18Cl2N2O2/c21-10-12-24(13-11-22)17-8-6-15(7-9-17)14-18-20(25)26-19(23-18)16-4-2-1-3-5-16/h1-9,14H,10-13H2/b18-14+. The molecule has 0 bridgehead atoms. The number of carbonyl (C=O) groups is 1. The van der Waals surface area contributed by atoms with E-state index >= 15 is 0 Å². The number of carbonyl (C=O) groups excluding carboxylic acids is 1. The van der Waals surface area contributed by atoms with Crippen LogP contribution in [0.4, 0.5) is 5.69 Å². The number of rotatable bonds is 7. The van der Waals surface area contributed by atoms with Crippen LogP contribution >= 0.6 is 23.2 Å². The van der Waals surface area contributed by atoms with Crippen molar-refractivity contribution in [3.8, 4) is 0 Å². The summed E-state index contributed by atoms with van der Waals surface area (Å²) in [5, 5.41) is 0. The molecule has 0 spiro atoms. The van der Waals surface area contributed by atoms with Gasteiger partial charge in [-0.25, -0.2) is 9.79 Å². The number of cyclic esters (lactones) is 1. The molecule has 0 unspecified atom stereocenters. The number of hydrogen-bond acceptors (Lipinski definition) is 4. The molecule has 2 aromatic rings. The number of aliphatic imine (C=N–C) groups is 1. The van der Waals surface area contributed by atoms with Gasteiger partial charge in [-0.2, -0.15) is 0 Å². The SMILES string of the molecule is O=C1OC(c2ccccc2)=N/C1=C/c1ccc(N(CCCl)CCCl)cc1. The molecule has 0 aromatic heterocycles. The van der Waals surface area contributed by atoms with Crippen LogP contribution in [0.15, 0.2) is 65.3 Å². The van der Waals surface area contributed by atoms with Gasteiger partial charge in [0.05, 0.1) is 0 Å². The lowest BCUT2D eigenvalue weighted by atomic mass is 10.1. The van der Waals surface area contributed by atoms with E-state index < -0.39 is 5.97 Å². The molecule has 26 heavy (non-hydrogen) atoms. The van der Waals surface area contributed by atoms with Crippen LogP contribution in [0.2, 0.25) is 0 Å². The molecule has 0 atom stereocenters. The Bertz CT molecular complexity index is 811. The maximum Gasteiger partial charge on any atom is 0.363 e. The molecule has 4 nitrogen and oxygen atoms in total. The van der Waals surface area contributed by atoms with Gasteiger partial charge in [0.1, 0.15) is 0 Å². The molecule has 0 N–H and O–H groups in total. The van der Waals surface area contributed by atoms with Gasteiger partial charge in [0.25, 0.3) is 0 Å². The number of ether oxygens (including phenoxy) is 1. The zero-order chi connectivity index (χ0) is 18.4. The Morgan fingerprint density at radius 2 is 1.62 bits per heavy atom. The molecule has 3 rings (SSSR count). The van der Waals surface area contributed by atoms with Crippen molar-refractivity contribution in [2.75, 3.05) is 29.7 Å². The van der Waals surface area contributed by atoms with Crippen molar-refractivity contribution in [2.24, 2.45) is 4.99 Å². The molecule has 0 saturated carbocycles. The van der Waals surface area contributed by atoms with Crippen LogP contribution < -0.4 is 4.90 Å². The highest BCUT2D eigenvalue weighted by molar-refractivity contribution is 6.18. The summed E-state index contributed by atoms with van der Waals surface area (Å²) in [4.78, 5) is 18.5. The Morgan fingerprint density at radius 1 is 0.962 bits per heavy atom. The summed E-state index contributed by atoms with van der Waals surface area (Å²) in [5.41, 5.74) is 2.97. The fourth-order valence-corrected chi connectivity index (χ4v) is 3.03. The molecule has 0 fully saturated rings. The summed E-state index contributed by atoms with van der Waals surface area (Å²) in [6.07, 6.45) is 1.72. The maximum absolute atomic E-state index is 12.1. The highest BCUT2D eigenvalue weighted by Gasteiger charge is 2.23. The van der Waals surface area contributed by atoms with Crippen LogP contribution in [0.5, 0.6) is 0 Å². The summed E-state index contributed by atoms with van der Waals surface area (Å²) in [5.74, 6) is 0.949.